The summed E-state index contributed by atoms with van der Waals surface area (Å²) in [5.41, 5.74) is 5.02. The molecule has 1 aliphatic rings. The molecule has 0 saturated carbocycles. The lowest BCUT2D eigenvalue weighted by molar-refractivity contribution is -0.125. The van der Waals surface area contributed by atoms with Gasteiger partial charge in [-0.1, -0.05) is 23.8 Å². The van der Waals surface area contributed by atoms with E-state index in [1.165, 1.54) is 0 Å². The summed E-state index contributed by atoms with van der Waals surface area (Å²) in [6, 6.07) is 9.93. The number of nitrogens with one attached hydrogen (secondary N) is 2. The fraction of sp³-hybridized carbons (Fsp3) is 0.440. The lowest BCUT2D eigenvalue weighted by Gasteiger charge is -2.25. The van der Waals surface area contributed by atoms with E-state index in [1.807, 2.05) is 51.1 Å². The Morgan fingerprint density at radius 2 is 1.75 bits per heavy atom. The first kappa shape index (κ1) is 23.6. The van der Waals surface area contributed by atoms with Crippen LogP contribution in [0.25, 0.3) is 0 Å². The molecule has 3 rings (SSSR count). The molecule has 7 nitrogen and oxygen atoms in total. The number of carbonyl (C=O) groups is 2. The Kier molecular flexibility index (Phi) is 7.75. The maximum absolute atomic E-state index is 12.6. The zero-order valence-electron chi connectivity index (χ0n) is 19.6. The molecule has 1 heterocycles. The van der Waals surface area contributed by atoms with E-state index in [0.717, 1.165) is 58.8 Å². The van der Waals surface area contributed by atoms with Gasteiger partial charge in [-0.15, -0.1) is 0 Å². The molecule has 0 unspecified atom stereocenters. The Labute approximate surface area is 190 Å². The van der Waals surface area contributed by atoms with Gasteiger partial charge in [0.15, 0.2) is 0 Å². The molecule has 1 atom stereocenters. The monoisotopic (exact) mass is 439 g/mol. The zero-order valence-corrected chi connectivity index (χ0v) is 19.6. The fourth-order valence-electron chi connectivity index (χ4n) is 4.44. The van der Waals surface area contributed by atoms with Crippen LogP contribution in [0.1, 0.15) is 41.1 Å². The number of likely N-dealkylation sites (tertiary alicyclic amines) is 1. The summed E-state index contributed by atoms with van der Waals surface area (Å²) in [7, 11) is 3.26. The smallest absolute Gasteiger partial charge is 0.243 e. The quantitative estimate of drug-likeness (QED) is 0.658. The first-order chi connectivity index (χ1) is 15.3. The van der Waals surface area contributed by atoms with Gasteiger partial charge in [0.2, 0.25) is 11.8 Å². The summed E-state index contributed by atoms with van der Waals surface area (Å²) in [5.74, 6) is 1.09. The standard InChI is InChI=1S/C25H33N3O4/c1-16-11-17(2)25(18(3)12-16)27-23(29)14-26-24(30)15-28-10-6-7-21(28)20-9-8-19(31-4)13-22(20)32-5/h8-9,11-13,21H,6-7,10,14-15H2,1-5H3,(H,26,30)(H,27,29)/t21-/m0/s1. The minimum Gasteiger partial charge on any atom is -0.497 e. The lowest BCUT2D eigenvalue weighted by Crippen LogP contribution is -2.40. The molecule has 0 aliphatic carbocycles. The van der Waals surface area contributed by atoms with E-state index in [2.05, 4.69) is 15.5 Å². The van der Waals surface area contributed by atoms with Gasteiger partial charge in [0.1, 0.15) is 11.5 Å². The highest BCUT2D eigenvalue weighted by Crippen LogP contribution is 2.38. The second-order valence-electron chi connectivity index (χ2n) is 8.34. The van der Waals surface area contributed by atoms with Crippen molar-refractivity contribution in [3.05, 3.63) is 52.6 Å². The number of nitrogens with zero attached hydrogens (tertiary/aromatic N) is 1. The Morgan fingerprint density at radius 3 is 2.41 bits per heavy atom. The van der Waals surface area contributed by atoms with E-state index >= 15 is 0 Å². The third-order valence-electron chi connectivity index (χ3n) is 5.90. The first-order valence-corrected chi connectivity index (χ1v) is 10.9. The highest BCUT2D eigenvalue weighted by molar-refractivity contribution is 5.96. The number of methoxy groups -OCH3 is 2. The number of benzene rings is 2. The van der Waals surface area contributed by atoms with Crippen molar-refractivity contribution in [2.24, 2.45) is 0 Å². The van der Waals surface area contributed by atoms with E-state index in [1.54, 1.807) is 14.2 Å². The van der Waals surface area contributed by atoms with E-state index < -0.39 is 0 Å². The van der Waals surface area contributed by atoms with Crippen LogP contribution in [0.4, 0.5) is 5.69 Å². The molecule has 0 bridgehead atoms. The molecule has 2 aromatic rings. The average molecular weight is 440 g/mol. The second kappa shape index (κ2) is 10.5. The predicted molar refractivity (Wildman–Crippen MR) is 125 cm³/mol. The van der Waals surface area contributed by atoms with Crippen molar-refractivity contribution < 1.29 is 19.1 Å². The molecule has 7 heteroatoms. The maximum Gasteiger partial charge on any atom is 0.243 e. The molecule has 0 spiro atoms. The first-order valence-electron chi connectivity index (χ1n) is 10.9. The molecule has 1 fully saturated rings. The van der Waals surface area contributed by atoms with Crippen molar-refractivity contribution in [3.8, 4) is 11.5 Å². The number of hydrogen-bond acceptors (Lipinski definition) is 5. The van der Waals surface area contributed by atoms with Crippen LogP contribution in [0.5, 0.6) is 11.5 Å². The van der Waals surface area contributed by atoms with Crippen molar-refractivity contribution in [2.75, 3.05) is 39.2 Å². The molecule has 172 valence electrons. The molecule has 0 radical (unpaired) electrons. The van der Waals surface area contributed by atoms with Gasteiger partial charge in [0, 0.05) is 23.4 Å². The Balaban J connectivity index is 1.57. The van der Waals surface area contributed by atoms with Gasteiger partial charge >= 0.3 is 0 Å². The SMILES string of the molecule is COc1ccc([C@@H]2CCCN2CC(=O)NCC(=O)Nc2c(C)cc(C)cc2C)c(OC)c1. The third kappa shape index (κ3) is 5.59. The van der Waals surface area contributed by atoms with E-state index in [0.29, 0.717) is 0 Å². The van der Waals surface area contributed by atoms with E-state index in [-0.39, 0.29) is 30.9 Å². The summed E-state index contributed by atoms with van der Waals surface area (Å²) >= 11 is 0. The Bertz CT molecular complexity index is 966. The number of carbonyl (C=O) groups excluding carboxylic acids is 2. The van der Waals surface area contributed by atoms with Crippen LogP contribution in [-0.2, 0) is 9.59 Å². The summed E-state index contributed by atoms with van der Waals surface area (Å²) in [6.45, 7) is 6.95. The third-order valence-corrected chi connectivity index (χ3v) is 5.90. The number of rotatable bonds is 8. The minimum absolute atomic E-state index is 0.0596. The normalized spacial score (nSPS) is 16.0. The molecule has 2 N–H and O–H groups in total. The number of hydrogen-bond donors (Lipinski definition) is 2. The molecule has 2 amide bonds. The molecule has 1 saturated heterocycles. The lowest BCUT2D eigenvalue weighted by atomic mass is 10.0. The Hall–Kier alpha value is -3.06. The molecular formula is C25H33N3O4. The fourth-order valence-corrected chi connectivity index (χ4v) is 4.44. The number of ether oxygens (including phenoxy) is 2. The zero-order chi connectivity index (χ0) is 23.3. The summed E-state index contributed by atoms with van der Waals surface area (Å²) in [5, 5.41) is 5.67. The highest BCUT2D eigenvalue weighted by Gasteiger charge is 2.30. The van der Waals surface area contributed by atoms with E-state index in [9.17, 15) is 9.59 Å². The maximum atomic E-state index is 12.6. The largest absolute Gasteiger partial charge is 0.497 e. The van der Waals surface area contributed by atoms with Crippen molar-refractivity contribution in [1.29, 1.82) is 0 Å². The molecule has 0 aromatic heterocycles. The van der Waals surface area contributed by atoms with Crippen LogP contribution in [0.15, 0.2) is 30.3 Å². The van der Waals surface area contributed by atoms with Crippen LogP contribution in [0, 0.1) is 20.8 Å². The summed E-state index contributed by atoms with van der Waals surface area (Å²) in [4.78, 5) is 27.1. The van der Waals surface area contributed by atoms with Crippen LogP contribution in [0.2, 0.25) is 0 Å². The van der Waals surface area contributed by atoms with Crippen LogP contribution in [0.3, 0.4) is 0 Å². The van der Waals surface area contributed by atoms with E-state index in [4.69, 9.17) is 9.47 Å². The van der Waals surface area contributed by atoms with Crippen molar-refractivity contribution in [2.45, 2.75) is 39.7 Å². The summed E-state index contributed by atoms with van der Waals surface area (Å²) < 4.78 is 10.8. The van der Waals surface area contributed by atoms with Crippen molar-refractivity contribution in [1.82, 2.24) is 10.2 Å². The highest BCUT2D eigenvalue weighted by atomic mass is 16.5. The second-order valence-corrected chi connectivity index (χ2v) is 8.34. The van der Waals surface area contributed by atoms with Gasteiger partial charge in [-0.3, -0.25) is 14.5 Å². The molecule has 2 aromatic carbocycles. The number of aryl methyl sites for hydroxylation is 3. The minimum atomic E-state index is -0.233. The number of anilines is 1. The van der Waals surface area contributed by atoms with Crippen molar-refractivity contribution in [3.63, 3.8) is 0 Å². The van der Waals surface area contributed by atoms with Gasteiger partial charge in [-0.2, -0.15) is 0 Å². The van der Waals surface area contributed by atoms with Crippen LogP contribution >= 0.6 is 0 Å². The molecule has 1 aliphatic heterocycles. The van der Waals surface area contributed by atoms with Crippen molar-refractivity contribution >= 4 is 17.5 Å². The average Bonchev–Trinajstić information content (AvgIpc) is 3.22. The van der Waals surface area contributed by atoms with Gasteiger partial charge in [-0.25, -0.2) is 0 Å². The summed E-state index contributed by atoms with van der Waals surface area (Å²) in [6.07, 6.45) is 1.95. The molecular weight excluding hydrogens is 406 g/mol. The van der Waals surface area contributed by atoms with Gasteiger partial charge in [0.25, 0.3) is 0 Å². The van der Waals surface area contributed by atoms with Gasteiger partial charge in [-0.05, 0) is 57.4 Å². The molecule has 32 heavy (non-hydrogen) atoms. The topological polar surface area (TPSA) is 79.9 Å². The van der Waals surface area contributed by atoms with Crippen LogP contribution in [-0.4, -0.2) is 50.6 Å². The van der Waals surface area contributed by atoms with Gasteiger partial charge < -0.3 is 20.1 Å². The van der Waals surface area contributed by atoms with Crippen LogP contribution < -0.4 is 20.1 Å². The Morgan fingerprint density at radius 1 is 1.03 bits per heavy atom. The van der Waals surface area contributed by atoms with Gasteiger partial charge in [0.05, 0.1) is 27.3 Å². The number of amides is 2. The predicted octanol–water partition coefficient (Wildman–Crippen LogP) is 3.52.